The number of nitro benzene ring substituents is 1. The molecule has 0 saturated heterocycles. The number of hydrogen-bond donors (Lipinski definition) is 1. The third kappa shape index (κ3) is 8.62. The summed E-state index contributed by atoms with van der Waals surface area (Å²) in [7, 11) is -4.03. The van der Waals surface area contributed by atoms with Gasteiger partial charge in [0, 0.05) is 36.1 Å². The first-order valence-electron chi connectivity index (χ1n) is 12.6. The maximum absolute atomic E-state index is 14.0. The summed E-state index contributed by atoms with van der Waals surface area (Å²) in [6, 6.07) is 20.6. The van der Waals surface area contributed by atoms with Crippen LogP contribution in [0.1, 0.15) is 24.5 Å². The third-order valence-electron chi connectivity index (χ3n) is 6.07. The zero-order valence-corrected chi connectivity index (χ0v) is 24.6. The van der Waals surface area contributed by atoms with E-state index in [0.29, 0.717) is 13.0 Å². The van der Waals surface area contributed by atoms with Crippen LogP contribution in [0.15, 0.2) is 83.3 Å². The minimum atomic E-state index is -4.03. The second kappa shape index (κ2) is 14.0. The van der Waals surface area contributed by atoms with Gasteiger partial charge in [-0.1, -0.05) is 71.4 Å². The van der Waals surface area contributed by atoms with E-state index < -0.39 is 33.4 Å². The topological polar surface area (TPSA) is 130 Å². The molecule has 0 aliphatic rings. The van der Waals surface area contributed by atoms with Crippen molar-refractivity contribution in [2.24, 2.45) is 0 Å². The number of rotatable bonds is 13. The van der Waals surface area contributed by atoms with Crippen LogP contribution in [0.25, 0.3) is 0 Å². The number of anilines is 1. The van der Waals surface area contributed by atoms with Crippen LogP contribution in [0, 0.1) is 10.1 Å². The highest BCUT2D eigenvalue weighted by atomic mass is 79.9. The Morgan fingerprint density at radius 3 is 2.30 bits per heavy atom. The average Bonchev–Trinajstić information content (AvgIpc) is 2.92. The van der Waals surface area contributed by atoms with Gasteiger partial charge in [0.25, 0.3) is 5.69 Å². The highest BCUT2D eigenvalue weighted by Crippen LogP contribution is 2.24. The molecule has 1 N–H and O–H groups in total. The number of sulfonamides is 1. The number of non-ortho nitro benzene ring substituents is 1. The predicted octanol–water partition coefficient (Wildman–Crippen LogP) is 4.29. The van der Waals surface area contributed by atoms with Crippen LogP contribution in [-0.2, 0) is 32.6 Å². The Morgan fingerprint density at radius 2 is 1.68 bits per heavy atom. The molecular weight excluding hydrogens is 600 g/mol. The summed E-state index contributed by atoms with van der Waals surface area (Å²) in [6.07, 6.45) is 1.82. The van der Waals surface area contributed by atoms with Gasteiger partial charge in [-0.25, -0.2) is 8.42 Å². The van der Waals surface area contributed by atoms with Crippen molar-refractivity contribution in [1.29, 1.82) is 0 Å². The number of carbonyl (C=O) groups is 2. The van der Waals surface area contributed by atoms with Crippen molar-refractivity contribution in [2.75, 3.05) is 23.7 Å². The Hall–Kier alpha value is -3.77. The van der Waals surface area contributed by atoms with Crippen molar-refractivity contribution >= 4 is 49.1 Å². The van der Waals surface area contributed by atoms with E-state index in [1.54, 1.807) is 6.07 Å². The van der Waals surface area contributed by atoms with Crippen molar-refractivity contribution in [3.05, 3.63) is 105 Å². The van der Waals surface area contributed by atoms with Gasteiger partial charge in [-0.3, -0.25) is 24.0 Å². The van der Waals surface area contributed by atoms with Crippen molar-refractivity contribution in [2.45, 2.75) is 32.4 Å². The van der Waals surface area contributed by atoms with Crippen LogP contribution in [0.5, 0.6) is 0 Å². The largest absolute Gasteiger partial charge is 0.354 e. The fourth-order valence-corrected chi connectivity index (χ4v) is 5.42. The molecule has 212 valence electrons. The van der Waals surface area contributed by atoms with Gasteiger partial charge in [0.05, 0.1) is 16.9 Å². The molecule has 12 heteroatoms. The molecule has 3 rings (SSSR count). The first kappa shape index (κ1) is 30.8. The Bertz CT molecular complexity index is 1450. The minimum Gasteiger partial charge on any atom is -0.354 e. The molecular formula is C28H31BrN4O6S. The first-order chi connectivity index (χ1) is 19.0. The molecule has 3 aromatic carbocycles. The third-order valence-corrected chi connectivity index (χ3v) is 7.70. The van der Waals surface area contributed by atoms with Gasteiger partial charge >= 0.3 is 0 Å². The maximum Gasteiger partial charge on any atom is 0.271 e. The molecule has 0 heterocycles. The van der Waals surface area contributed by atoms with Crippen molar-refractivity contribution < 1.29 is 22.9 Å². The van der Waals surface area contributed by atoms with Gasteiger partial charge in [-0.05, 0) is 35.7 Å². The highest BCUT2D eigenvalue weighted by molar-refractivity contribution is 9.10. The summed E-state index contributed by atoms with van der Waals surface area (Å²) in [5.74, 6) is -1.00. The molecule has 1 atom stereocenters. The van der Waals surface area contributed by atoms with E-state index in [0.717, 1.165) is 32.2 Å². The normalized spacial score (nSPS) is 11.9. The molecule has 0 aliphatic heterocycles. The van der Waals surface area contributed by atoms with Crippen LogP contribution in [-0.4, -0.2) is 55.4 Å². The fraction of sp³-hybridized carbons (Fsp3) is 0.286. The summed E-state index contributed by atoms with van der Waals surface area (Å²) in [5.41, 5.74) is 1.21. The van der Waals surface area contributed by atoms with Crippen LogP contribution in [0.2, 0.25) is 0 Å². The molecule has 1 unspecified atom stereocenters. The van der Waals surface area contributed by atoms with Crippen LogP contribution >= 0.6 is 15.9 Å². The fourth-order valence-electron chi connectivity index (χ4n) is 4.13. The average molecular weight is 632 g/mol. The smallest absolute Gasteiger partial charge is 0.271 e. The Kier molecular flexibility index (Phi) is 10.8. The minimum absolute atomic E-state index is 0.0255. The van der Waals surface area contributed by atoms with E-state index in [-0.39, 0.29) is 30.2 Å². The lowest BCUT2D eigenvalue weighted by atomic mass is 10.0. The number of nitro groups is 1. The number of amides is 2. The summed E-state index contributed by atoms with van der Waals surface area (Å²) in [4.78, 5) is 39.5. The molecule has 0 aromatic heterocycles. The number of halogens is 1. The summed E-state index contributed by atoms with van der Waals surface area (Å²) in [6.45, 7) is 1.70. The summed E-state index contributed by atoms with van der Waals surface area (Å²) >= 11 is 3.43. The monoisotopic (exact) mass is 630 g/mol. The molecule has 3 aromatic rings. The number of hydrogen-bond acceptors (Lipinski definition) is 6. The van der Waals surface area contributed by atoms with Gasteiger partial charge in [-0.2, -0.15) is 0 Å². The molecule has 0 saturated carbocycles. The second-order valence-corrected chi connectivity index (χ2v) is 12.0. The van der Waals surface area contributed by atoms with E-state index in [4.69, 9.17) is 0 Å². The number of nitrogens with zero attached hydrogens (tertiary/aromatic N) is 3. The van der Waals surface area contributed by atoms with Gasteiger partial charge in [0.15, 0.2) is 0 Å². The first-order valence-corrected chi connectivity index (χ1v) is 15.2. The zero-order chi connectivity index (χ0) is 29.3. The number of benzene rings is 3. The molecule has 0 aliphatic carbocycles. The SMILES string of the molecule is CCCNC(=O)C(Cc1ccccc1)N(Cc1cccc(Br)c1)C(=O)CN(c1cccc([N+](=O)[O-])c1)S(C)(=O)=O. The second-order valence-electron chi connectivity index (χ2n) is 9.19. The molecule has 2 amide bonds. The van der Waals surface area contributed by atoms with Gasteiger partial charge < -0.3 is 10.2 Å². The van der Waals surface area contributed by atoms with E-state index in [2.05, 4.69) is 21.2 Å². The number of nitrogens with one attached hydrogen (secondary N) is 1. The Balaban J connectivity index is 2.06. The molecule has 0 bridgehead atoms. The Morgan fingerprint density at radius 1 is 1.00 bits per heavy atom. The molecule has 0 fully saturated rings. The standard InChI is InChI=1S/C28H31BrN4O6S/c1-3-15-30-28(35)26(17-21-9-5-4-6-10-21)31(19-22-11-7-12-23(29)16-22)27(34)20-32(40(2,38)39)24-13-8-14-25(18-24)33(36)37/h4-14,16,18,26H,3,15,17,19-20H2,1-2H3,(H,30,35). The van der Waals surface area contributed by atoms with E-state index in [9.17, 15) is 28.1 Å². The van der Waals surface area contributed by atoms with Crippen molar-refractivity contribution in [3.63, 3.8) is 0 Å². The van der Waals surface area contributed by atoms with Crippen molar-refractivity contribution in [1.82, 2.24) is 10.2 Å². The predicted molar refractivity (Wildman–Crippen MR) is 157 cm³/mol. The van der Waals surface area contributed by atoms with Crippen LogP contribution < -0.4 is 9.62 Å². The van der Waals surface area contributed by atoms with E-state index in [1.165, 1.54) is 23.1 Å². The molecule has 0 radical (unpaired) electrons. The van der Waals surface area contributed by atoms with E-state index in [1.807, 2.05) is 55.5 Å². The van der Waals surface area contributed by atoms with Gasteiger partial charge in [0.2, 0.25) is 21.8 Å². The quantitative estimate of drug-likeness (QED) is 0.221. The maximum atomic E-state index is 14.0. The van der Waals surface area contributed by atoms with E-state index >= 15 is 0 Å². The Labute approximate surface area is 242 Å². The van der Waals surface area contributed by atoms with Crippen LogP contribution in [0.4, 0.5) is 11.4 Å². The molecule has 40 heavy (non-hydrogen) atoms. The highest BCUT2D eigenvalue weighted by Gasteiger charge is 2.33. The van der Waals surface area contributed by atoms with Gasteiger partial charge in [0.1, 0.15) is 12.6 Å². The van der Waals surface area contributed by atoms with Gasteiger partial charge in [-0.15, -0.1) is 0 Å². The molecule has 10 nitrogen and oxygen atoms in total. The molecule has 0 spiro atoms. The van der Waals surface area contributed by atoms with Crippen molar-refractivity contribution in [3.8, 4) is 0 Å². The summed E-state index contributed by atoms with van der Waals surface area (Å²) < 4.78 is 27.2. The lowest BCUT2D eigenvalue weighted by Crippen LogP contribution is -2.53. The van der Waals surface area contributed by atoms with Crippen LogP contribution in [0.3, 0.4) is 0 Å². The lowest BCUT2D eigenvalue weighted by molar-refractivity contribution is -0.384. The lowest BCUT2D eigenvalue weighted by Gasteiger charge is -2.33. The summed E-state index contributed by atoms with van der Waals surface area (Å²) in [5, 5.41) is 14.2. The zero-order valence-electron chi connectivity index (χ0n) is 22.2. The number of carbonyl (C=O) groups excluding carboxylic acids is 2.